The molecule has 3 rings (SSSR count). The van der Waals surface area contributed by atoms with Crippen molar-refractivity contribution >= 4 is 17.7 Å². The number of esters is 1. The molecule has 0 saturated heterocycles. The number of fused-ring (bicyclic) bond motifs is 1. The molecular weight excluding hydrogens is 294 g/mol. The quantitative estimate of drug-likeness (QED) is 0.873. The van der Waals surface area contributed by atoms with Crippen molar-refractivity contribution in [2.75, 3.05) is 12.9 Å². The molecule has 1 aliphatic rings. The van der Waals surface area contributed by atoms with Gasteiger partial charge in [0, 0.05) is 10.9 Å². The third-order valence-electron chi connectivity index (χ3n) is 3.90. The first kappa shape index (κ1) is 15.1. The van der Waals surface area contributed by atoms with Gasteiger partial charge < -0.3 is 4.74 Å². The lowest BCUT2D eigenvalue weighted by Crippen LogP contribution is -2.34. The maximum absolute atomic E-state index is 12.2. The molecular formula is C18H19NO2S. The molecule has 1 aliphatic heterocycles. The number of hydrogen-bond donors (Lipinski definition) is 1. The molecule has 0 aliphatic carbocycles. The van der Waals surface area contributed by atoms with Crippen molar-refractivity contribution in [2.45, 2.75) is 23.4 Å². The lowest BCUT2D eigenvalue weighted by atomic mass is 10.00. The Labute approximate surface area is 135 Å². The Kier molecular flexibility index (Phi) is 4.80. The van der Waals surface area contributed by atoms with Gasteiger partial charge in [0.25, 0.3) is 0 Å². The summed E-state index contributed by atoms with van der Waals surface area (Å²) < 4.78 is 4.99. The Hall–Kier alpha value is -1.78. The van der Waals surface area contributed by atoms with Crippen molar-refractivity contribution in [1.82, 2.24) is 5.32 Å². The highest BCUT2D eigenvalue weighted by atomic mass is 32.2. The van der Waals surface area contributed by atoms with Gasteiger partial charge >= 0.3 is 5.97 Å². The second-order valence-electron chi connectivity index (χ2n) is 5.26. The second kappa shape index (κ2) is 6.99. The average molecular weight is 313 g/mol. The number of methoxy groups -OCH3 is 1. The van der Waals surface area contributed by atoms with Crippen LogP contribution >= 0.6 is 11.8 Å². The summed E-state index contributed by atoms with van der Waals surface area (Å²) in [7, 11) is 1.44. The Morgan fingerprint density at radius 3 is 2.68 bits per heavy atom. The third kappa shape index (κ3) is 3.18. The second-order valence-corrected chi connectivity index (χ2v) is 6.40. The number of carbonyl (C=O) groups excluding carboxylic acids is 1. The molecule has 1 heterocycles. The molecule has 2 aromatic rings. The maximum Gasteiger partial charge on any atom is 0.327 e. The topological polar surface area (TPSA) is 38.3 Å². The van der Waals surface area contributed by atoms with Gasteiger partial charge in [0.1, 0.15) is 6.04 Å². The largest absolute Gasteiger partial charge is 0.468 e. The molecule has 2 atom stereocenters. The number of rotatable bonds is 4. The summed E-state index contributed by atoms with van der Waals surface area (Å²) in [4.78, 5) is 13.5. The molecule has 2 unspecified atom stereocenters. The zero-order valence-corrected chi connectivity index (χ0v) is 13.3. The van der Waals surface area contributed by atoms with Gasteiger partial charge in [-0.2, -0.15) is 0 Å². The summed E-state index contributed by atoms with van der Waals surface area (Å²) in [5, 5.41) is 3.49. The van der Waals surface area contributed by atoms with E-state index in [2.05, 4.69) is 29.6 Å². The normalized spacial score (nSPS) is 18.3. The number of ether oxygens (including phenoxy) is 1. The Bertz CT molecular complexity index is 645. The van der Waals surface area contributed by atoms with E-state index in [1.54, 1.807) is 0 Å². The molecule has 1 N–H and O–H groups in total. The van der Waals surface area contributed by atoms with Crippen molar-refractivity contribution in [1.29, 1.82) is 0 Å². The van der Waals surface area contributed by atoms with Crippen LogP contribution in [0.3, 0.4) is 0 Å². The van der Waals surface area contributed by atoms with Gasteiger partial charge in [0.15, 0.2) is 0 Å². The van der Waals surface area contributed by atoms with Crippen molar-refractivity contribution in [3.05, 3.63) is 65.7 Å². The first-order valence-corrected chi connectivity index (χ1v) is 8.38. The molecule has 22 heavy (non-hydrogen) atoms. The monoisotopic (exact) mass is 313 g/mol. The zero-order chi connectivity index (χ0) is 15.4. The summed E-state index contributed by atoms with van der Waals surface area (Å²) in [5.74, 6) is 0.805. The SMILES string of the molecule is COC(=O)C(NC1CCSc2ccccc21)c1ccccc1. The van der Waals surface area contributed by atoms with Crippen LogP contribution in [0.5, 0.6) is 0 Å². The van der Waals surface area contributed by atoms with Gasteiger partial charge in [-0.1, -0.05) is 48.5 Å². The number of benzene rings is 2. The molecule has 114 valence electrons. The van der Waals surface area contributed by atoms with Gasteiger partial charge in [0.05, 0.1) is 7.11 Å². The lowest BCUT2D eigenvalue weighted by Gasteiger charge is -2.29. The third-order valence-corrected chi connectivity index (χ3v) is 5.02. The number of hydrogen-bond acceptors (Lipinski definition) is 4. The predicted molar refractivity (Wildman–Crippen MR) is 88.9 cm³/mol. The molecule has 0 aromatic heterocycles. The highest BCUT2D eigenvalue weighted by Crippen LogP contribution is 2.37. The first-order valence-electron chi connectivity index (χ1n) is 7.40. The highest BCUT2D eigenvalue weighted by molar-refractivity contribution is 7.99. The van der Waals surface area contributed by atoms with E-state index in [0.29, 0.717) is 0 Å². The minimum absolute atomic E-state index is 0.168. The molecule has 2 aromatic carbocycles. The number of thioether (sulfide) groups is 1. The van der Waals surface area contributed by atoms with Crippen LogP contribution in [-0.2, 0) is 9.53 Å². The van der Waals surface area contributed by atoms with Crippen LogP contribution in [0.2, 0.25) is 0 Å². The highest BCUT2D eigenvalue weighted by Gasteiger charge is 2.28. The predicted octanol–water partition coefficient (Wildman–Crippen LogP) is 3.73. The summed E-state index contributed by atoms with van der Waals surface area (Å²) in [6.45, 7) is 0. The van der Waals surface area contributed by atoms with E-state index in [0.717, 1.165) is 17.7 Å². The fourth-order valence-corrected chi connectivity index (χ4v) is 3.91. The zero-order valence-electron chi connectivity index (χ0n) is 12.5. The minimum atomic E-state index is -0.438. The summed E-state index contributed by atoms with van der Waals surface area (Å²) in [5.41, 5.74) is 2.20. The van der Waals surface area contributed by atoms with Gasteiger partial charge in [-0.15, -0.1) is 11.8 Å². The van der Waals surface area contributed by atoms with E-state index >= 15 is 0 Å². The van der Waals surface area contributed by atoms with Crippen LogP contribution in [0.15, 0.2) is 59.5 Å². The first-order chi connectivity index (χ1) is 10.8. The minimum Gasteiger partial charge on any atom is -0.468 e. The van der Waals surface area contributed by atoms with Gasteiger partial charge in [-0.05, 0) is 29.4 Å². The van der Waals surface area contributed by atoms with Gasteiger partial charge in [0.2, 0.25) is 0 Å². The fraction of sp³-hybridized carbons (Fsp3) is 0.278. The summed E-state index contributed by atoms with van der Waals surface area (Å²) >= 11 is 1.87. The van der Waals surface area contributed by atoms with Crippen molar-refractivity contribution < 1.29 is 9.53 Å². The molecule has 0 radical (unpaired) electrons. The van der Waals surface area contributed by atoms with E-state index < -0.39 is 6.04 Å². The Balaban J connectivity index is 1.87. The Morgan fingerprint density at radius 1 is 1.18 bits per heavy atom. The smallest absolute Gasteiger partial charge is 0.327 e. The summed E-state index contributed by atoms with van der Waals surface area (Å²) in [6.07, 6.45) is 1.00. The van der Waals surface area contributed by atoms with Crippen LogP contribution in [0.1, 0.15) is 29.6 Å². The standard InChI is InChI=1S/C18H19NO2S/c1-21-18(20)17(13-7-3-2-4-8-13)19-15-11-12-22-16-10-6-5-9-14(15)16/h2-10,15,17,19H,11-12H2,1H3. The van der Waals surface area contributed by atoms with E-state index in [-0.39, 0.29) is 12.0 Å². The molecule has 3 nitrogen and oxygen atoms in total. The van der Waals surface area contributed by atoms with Crippen molar-refractivity contribution in [3.63, 3.8) is 0 Å². The van der Waals surface area contributed by atoms with Crippen molar-refractivity contribution in [2.24, 2.45) is 0 Å². The van der Waals surface area contributed by atoms with Gasteiger partial charge in [-0.25, -0.2) is 4.79 Å². The van der Waals surface area contributed by atoms with Crippen LogP contribution in [0, 0.1) is 0 Å². The number of carbonyl (C=O) groups is 1. The molecule has 4 heteroatoms. The molecule has 0 bridgehead atoms. The van der Waals surface area contributed by atoms with E-state index in [1.807, 2.05) is 42.1 Å². The van der Waals surface area contributed by atoms with Crippen LogP contribution in [0.25, 0.3) is 0 Å². The van der Waals surface area contributed by atoms with Crippen LogP contribution in [-0.4, -0.2) is 18.8 Å². The van der Waals surface area contributed by atoms with Gasteiger partial charge in [-0.3, -0.25) is 5.32 Å². The Morgan fingerprint density at radius 2 is 1.91 bits per heavy atom. The molecule has 0 saturated carbocycles. The maximum atomic E-state index is 12.2. The fourth-order valence-electron chi connectivity index (χ4n) is 2.78. The summed E-state index contributed by atoms with van der Waals surface area (Å²) in [6, 6.07) is 17.9. The number of nitrogens with one attached hydrogen (secondary N) is 1. The van der Waals surface area contributed by atoms with Crippen molar-refractivity contribution in [3.8, 4) is 0 Å². The lowest BCUT2D eigenvalue weighted by molar-refractivity contribution is -0.143. The van der Waals surface area contributed by atoms with Crippen LogP contribution in [0.4, 0.5) is 0 Å². The van der Waals surface area contributed by atoms with E-state index in [4.69, 9.17) is 4.74 Å². The molecule has 0 spiro atoms. The molecule has 0 amide bonds. The van der Waals surface area contributed by atoms with E-state index in [1.165, 1.54) is 17.6 Å². The molecule has 0 fully saturated rings. The average Bonchev–Trinajstić information content (AvgIpc) is 2.60. The van der Waals surface area contributed by atoms with E-state index in [9.17, 15) is 4.79 Å². The van der Waals surface area contributed by atoms with Crippen LogP contribution < -0.4 is 5.32 Å².